The standard InChI is InChI=1S/C13H16BrClN2O/c1-16(2)9-6-7-17(8-9)13(18)10-4-3-5-11(14)12(10)15/h3-5,9H,6-8H2,1-2H3. The lowest BCUT2D eigenvalue weighted by Gasteiger charge is -2.21. The molecule has 0 radical (unpaired) electrons. The lowest BCUT2D eigenvalue weighted by atomic mass is 10.2. The van der Waals surface area contributed by atoms with Crippen molar-refractivity contribution in [1.29, 1.82) is 0 Å². The van der Waals surface area contributed by atoms with E-state index < -0.39 is 0 Å². The topological polar surface area (TPSA) is 23.6 Å². The first-order chi connectivity index (χ1) is 8.50. The zero-order valence-electron chi connectivity index (χ0n) is 10.5. The Kier molecular flexibility index (Phi) is 4.30. The highest BCUT2D eigenvalue weighted by Gasteiger charge is 2.29. The van der Waals surface area contributed by atoms with E-state index in [0.717, 1.165) is 24.0 Å². The van der Waals surface area contributed by atoms with Crippen LogP contribution in [0.3, 0.4) is 0 Å². The molecular formula is C13H16BrClN2O. The molecular weight excluding hydrogens is 316 g/mol. The molecule has 0 spiro atoms. The van der Waals surface area contributed by atoms with Crippen molar-refractivity contribution in [3.8, 4) is 0 Å². The summed E-state index contributed by atoms with van der Waals surface area (Å²) in [6.07, 6.45) is 1.02. The van der Waals surface area contributed by atoms with Crippen molar-refractivity contribution in [3.05, 3.63) is 33.3 Å². The van der Waals surface area contributed by atoms with Crippen LogP contribution in [0.25, 0.3) is 0 Å². The molecule has 1 aromatic rings. The molecule has 0 saturated carbocycles. The van der Waals surface area contributed by atoms with Crippen molar-refractivity contribution in [1.82, 2.24) is 9.80 Å². The highest BCUT2D eigenvalue weighted by Crippen LogP contribution is 2.28. The van der Waals surface area contributed by atoms with E-state index in [1.54, 1.807) is 6.07 Å². The van der Waals surface area contributed by atoms with Gasteiger partial charge in [-0.05, 0) is 48.6 Å². The maximum Gasteiger partial charge on any atom is 0.255 e. The first-order valence-corrected chi connectivity index (χ1v) is 7.07. The summed E-state index contributed by atoms with van der Waals surface area (Å²) in [4.78, 5) is 16.4. The van der Waals surface area contributed by atoms with Crippen LogP contribution in [-0.4, -0.2) is 48.9 Å². The SMILES string of the molecule is CN(C)C1CCN(C(=O)c2cccc(Br)c2Cl)C1. The van der Waals surface area contributed by atoms with Gasteiger partial charge < -0.3 is 9.80 Å². The summed E-state index contributed by atoms with van der Waals surface area (Å²) < 4.78 is 0.762. The molecule has 2 rings (SSSR count). The predicted octanol–water partition coefficient (Wildman–Crippen LogP) is 2.88. The Bertz CT molecular complexity index is 464. The van der Waals surface area contributed by atoms with Crippen molar-refractivity contribution in [2.75, 3.05) is 27.2 Å². The average Bonchev–Trinajstić information content (AvgIpc) is 2.81. The molecule has 1 heterocycles. The van der Waals surface area contributed by atoms with Crippen LogP contribution in [0.5, 0.6) is 0 Å². The molecule has 1 aromatic carbocycles. The van der Waals surface area contributed by atoms with Crippen molar-refractivity contribution < 1.29 is 4.79 Å². The van der Waals surface area contributed by atoms with Crippen LogP contribution in [0.4, 0.5) is 0 Å². The lowest BCUT2D eigenvalue weighted by Crippen LogP contribution is -2.34. The van der Waals surface area contributed by atoms with Gasteiger partial charge >= 0.3 is 0 Å². The summed E-state index contributed by atoms with van der Waals surface area (Å²) in [5.41, 5.74) is 0.574. The van der Waals surface area contributed by atoms with Gasteiger partial charge in [0.2, 0.25) is 0 Å². The third kappa shape index (κ3) is 2.71. The molecule has 98 valence electrons. The molecule has 1 amide bonds. The largest absolute Gasteiger partial charge is 0.337 e. The minimum Gasteiger partial charge on any atom is -0.337 e. The number of carbonyl (C=O) groups is 1. The molecule has 18 heavy (non-hydrogen) atoms. The summed E-state index contributed by atoms with van der Waals surface area (Å²) in [7, 11) is 4.09. The maximum absolute atomic E-state index is 12.4. The van der Waals surface area contributed by atoms with E-state index in [9.17, 15) is 4.79 Å². The Morgan fingerprint density at radius 1 is 1.50 bits per heavy atom. The number of amides is 1. The zero-order valence-corrected chi connectivity index (χ0v) is 12.8. The molecule has 0 aromatic heterocycles. The molecule has 1 fully saturated rings. The fourth-order valence-corrected chi connectivity index (χ4v) is 2.76. The number of likely N-dealkylation sites (tertiary alicyclic amines) is 1. The summed E-state index contributed by atoms with van der Waals surface area (Å²) in [6.45, 7) is 1.57. The molecule has 5 heteroatoms. The Balaban J connectivity index is 2.16. The number of rotatable bonds is 2. The number of benzene rings is 1. The second kappa shape index (κ2) is 5.59. The monoisotopic (exact) mass is 330 g/mol. The number of likely N-dealkylation sites (N-methyl/N-ethyl adjacent to an activating group) is 1. The van der Waals surface area contributed by atoms with Gasteiger partial charge in [0.15, 0.2) is 0 Å². The van der Waals surface area contributed by atoms with Gasteiger partial charge in [-0.3, -0.25) is 4.79 Å². The second-order valence-electron chi connectivity index (χ2n) is 4.76. The molecule has 1 unspecified atom stereocenters. The number of nitrogens with zero attached hydrogens (tertiary/aromatic N) is 2. The Morgan fingerprint density at radius 3 is 2.83 bits per heavy atom. The smallest absolute Gasteiger partial charge is 0.255 e. The minimum atomic E-state index is 0.0191. The Morgan fingerprint density at radius 2 is 2.22 bits per heavy atom. The third-order valence-corrected chi connectivity index (χ3v) is 4.66. The predicted molar refractivity (Wildman–Crippen MR) is 77.1 cm³/mol. The van der Waals surface area contributed by atoms with Crippen molar-refractivity contribution in [2.24, 2.45) is 0 Å². The van der Waals surface area contributed by atoms with Gasteiger partial charge in [-0.2, -0.15) is 0 Å². The summed E-state index contributed by atoms with van der Waals surface area (Å²) in [5, 5.41) is 0.496. The van der Waals surface area contributed by atoms with Crippen LogP contribution in [0.1, 0.15) is 16.8 Å². The zero-order chi connectivity index (χ0) is 13.3. The van der Waals surface area contributed by atoms with Crippen LogP contribution in [0.15, 0.2) is 22.7 Å². The van der Waals surface area contributed by atoms with Crippen molar-refractivity contribution in [3.63, 3.8) is 0 Å². The third-order valence-electron chi connectivity index (χ3n) is 3.36. The first-order valence-electron chi connectivity index (χ1n) is 5.90. The summed E-state index contributed by atoms with van der Waals surface area (Å²) in [6, 6.07) is 5.90. The molecule has 0 N–H and O–H groups in total. The van der Waals surface area contributed by atoms with Gasteiger partial charge in [0.1, 0.15) is 0 Å². The fraction of sp³-hybridized carbons (Fsp3) is 0.462. The quantitative estimate of drug-likeness (QED) is 0.832. The van der Waals surface area contributed by atoms with E-state index in [1.807, 2.05) is 31.1 Å². The highest BCUT2D eigenvalue weighted by atomic mass is 79.9. The molecule has 1 aliphatic rings. The van der Waals surface area contributed by atoms with E-state index in [-0.39, 0.29) is 5.91 Å². The lowest BCUT2D eigenvalue weighted by molar-refractivity contribution is 0.0783. The Hall–Kier alpha value is -0.580. The van der Waals surface area contributed by atoms with E-state index >= 15 is 0 Å². The fourth-order valence-electron chi connectivity index (χ4n) is 2.19. The van der Waals surface area contributed by atoms with E-state index in [4.69, 9.17) is 11.6 Å². The highest BCUT2D eigenvalue weighted by molar-refractivity contribution is 9.10. The van der Waals surface area contributed by atoms with Crippen molar-refractivity contribution >= 4 is 33.4 Å². The van der Waals surface area contributed by atoms with Gasteiger partial charge in [-0.1, -0.05) is 17.7 Å². The summed E-state index contributed by atoms with van der Waals surface area (Å²) in [5.74, 6) is 0.0191. The van der Waals surface area contributed by atoms with Gasteiger partial charge in [-0.15, -0.1) is 0 Å². The number of hydrogen-bond acceptors (Lipinski definition) is 2. The van der Waals surface area contributed by atoms with Gasteiger partial charge in [-0.25, -0.2) is 0 Å². The van der Waals surface area contributed by atoms with E-state index in [2.05, 4.69) is 20.8 Å². The van der Waals surface area contributed by atoms with Crippen LogP contribution in [0.2, 0.25) is 5.02 Å². The summed E-state index contributed by atoms with van der Waals surface area (Å²) >= 11 is 9.51. The average molecular weight is 332 g/mol. The Labute approximate surface area is 121 Å². The molecule has 0 aliphatic carbocycles. The van der Waals surface area contributed by atoms with Crippen molar-refractivity contribution in [2.45, 2.75) is 12.5 Å². The molecule has 1 atom stereocenters. The number of carbonyl (C=O) groups excluding carboxylic acids is 1. The van der Waals surface area contributed by atoms with Gasteiger partial charge in [0, 0.05) is 23.6 Å². The van der Waals surface area contributed by atoms with Gasteiger partial charge in [0.05, 0.1) is 10.6 Å². The normalized spacial score (nSPS) is 19.6. The molecule has 1 aliphatic heterocycles. The molecule has 3 nitrogen and oxygen atoms in total. The van der Waals surface area contributed by atoms with Crippen LogP contribution in [0, 0.1) is 0 Å². The maximum atomic E-state index is 12.4. The van der Waals surface area contributed by atoms with Gasteiger partial charge in [0.25, 0.3) is 5.91 Å². The van der Waals surface area contributed by atoms with Crippen LogP contribution >= 0.6 is 27.5 Å². The van der Waals surface area contributed by atoms with Crippen LogP contribution < -0.4 is 0 Å². The van der Waals surface area contributed by atoms with E-state index in [0.29, 0.717) is 16.6 Å². The minimum absolute atomic E-state index is 0.0191. The molecule has 0 bridgehead atoms. The van der Waals surface area contributed by atoms with Crippen LogP contribution in [-0.2, 0) is 0 Å². The number of hydrogen-bond donors (Lipinski definition) is 0. The number of halogens is 2. The molecule has 1 saturated heterocycles. The second-order valence-corrected chi connectivity index (χ2v) is 5.99. The first kappa shape index (κ1) is 13.8. The van der Waals surface area contributed by atoms with E-state index in [1.165, 1.54) is 0 Å².